The number of aromatic amines is 1. The molecule has 116 valence electrons. The Morgan fingerprint density at radius 2 is 1.70 bits per heavy atom. The van der Waals surface area contributed by atoms with Gasteiger partial charge in [0.25, 0.3) is 0 Å². The molecule has 0 atom stereocenters. The minimum Gasteiger partial charge on any atom is -0.319 e. The summed E-state index contributed by atoms with van der Waals surface area (Å²) in [6, 6.07) is 18.2. The molecule has 6 nitrogen and oxygen atoms in total. The molecule has 3 aromatic rings. The second kappa shape index (κ2) is 6.31. The fourth-order valence-corrected chi connectivity index (χ4v) is 2.35. The molecule has 0 spiro atoms. The third-order valence-corrected chi connectivity index (χ3v) is 3.47. The van der Waals surface area contributed by atoms with Gasteiger partial charge in [0.05, 0.1) is 0 Å². The zero-order valence-electron chi connectivity index (χ0n) is 12.7. The van der Waals surface area contributed by atoms with Crippen LogP contribution in [0.25, 0.3) is 5.69 Å². The summed E-state index contributed by atoms with van der Waals surface area (Å²) in [4.78, 5) is 25.1. The highest BCUT2D eigenvalue weighted by Gasteiger charge is 2.28. The molecular weight excluding hydrogens is 292 g/mol. The van der Waals surface area contributed by atoms with E-state index in [9.17, 15) is 9.59 Å². The van der Waals surface area contributed by atoms with Gasteiger partial charge in [0.15, 0.2) is 5.69 Å². The van der Waals surface area contributed by atoms with Crippen molar-refractivity contribution in [1.82, 2.24) is 9.90 Å². The van der Waals surface area contributed by atoms with Crippen LogP contribution in [0.5, 0.6) is 0 Å². The summed E-state index contributed by atoms with van der Waals surface area (Å²) in [7, 11) is 0. The molecule has 1 heterocycles. The Labute approximate surface area is 133 Å². The normalized spacial score (nSPS) is 10.5. The largest absolute Gasteiger partial charge is 0.411 e. The maximum absolute atomic E-state index is 12.6. The fourth-order valence-electron chi connectivity index (χ4n) is 2.35. The van der Waals surface area contributed by atoms with Gasteiger partial charge in [-0.1, -0.05) is 46.3 Å². The van der Waals surface area contributed by atoms with E-state index in [1.807, 2.05) is 43.3 Å². The number of H-pyrrole nitrogens is 1. The molecule has 0 aliphatic heterocycles. The maximum atomic E-state index is 12.6. The first-order valence-electron chi connectivity index (χ1n) is 7.37. The molecule has 0 radical (unpaired) electrons. The van der Waals surface area contributed by atoms with Crippen LogP contribution in [0, 0.1) is 0 Å². The van der Waals surface area contributed by atoms with E-state index in [-0.39, 0.29) is 11.3 Å². The molecule has 1 amide bonds. The van der Waals surface area contributed by atoms with Crippen molar-refractivity contribution in [2.75, 3.05) is 5.32 Å². The number of carbonyl (C=O) groups excluding carboxylic acids is 1. The van der Waals surface area contributed by atoms with Crippen LogP contribution < -0.4 is 15.6 Å². The summed E-state index contributed by atoms with van der Waals surface area (Å²) in [5.74, 6) is -0.436. The minimum absolute atomic E-state index is 0.0696. The van der Waals surface area contributed by atoms with E-state index < -0.39 is 5.91 Å². The van der Waals surface area contributed by atoms with Crippen molar-refractivity contribution in [3.8, 4) is 5.69 Å². The number of anilines is 1. The lowest BCUT2D eigenvalue weighted by Gasteiger charge is -2.01. The highest BCUT2D eigenvalue weighted by molar-refractivity contribution is 6.01. The number of hydrogen-bond donors (Lipinski definition) is 2. The van der Waals surface area contributed by atoms with Crippen LogP contribution in [0.3, 0.4) is 0 Å². The van der Waals surface area contributed by atoms with Gasteiger partial charge in [0.1, 0.15) is 6.54 Å². The van der Waals surface area contributed by atoms with Crippen LogP contribution in [0.15, 0.2) is 65.5 Å². The predicted octanol–water partition coefficient (Wildman–Crippen LogP) is 1.73. The van der Waals surface area contributed by atoms with Crippen LogP contribution in [0.2, 0.25) is 0 Å². The van der Waals surface area contributed by atoms with Gasteiger partial charge in [0.2, 0.25) is 0 Å². The smallest absolute Gasteiger partial charge is 0.319 e. The number of rotatable bonds is 4. The zero-order valence-corrected chi connectivity index (χ0v) is 12.7. The number of hydrogen-bond acceptors (Lipinski definition) is 2. The van der Waals surface area contributed by atoms with E-state index in [2.05, 4.69) is 10.5 Å². The number of nitrogens with one attached hydrogen (secondary N) is 2. The summed E-state index contributed by atoms with van der Waals surface area (Å²) in [6.07, 6.45) is 0. The predicted molar refractivity (Wildman–Crippen MR) is 86.7 cm³/mol. The monoisotopic (exact) mass is 309 g/mol. The molecule has 0 unspecified atom stereocenters. The number of carbonyl (C=O) groups is 1. The van der Waals surface area contributed by atoms with Crippen molar-refractivity contribution >= 4 is 11.6 Å². The lowest BCUT2D eigenvalue weighted by molar-refractivity contribution is -0.753. The standard InChI is InChI=1S/C17H16N4O2/c1-2-20-15(16(22)18-13-9-5-3-6-10-13)17(23)21(19-20)14-11-7-4-8-12-14/h3-12H,2H2,1H3,(H-,18,19,22,23)/p+1. The minimum atomic E-state index is -0.436. The maximum Gasteiger partial charge on any atom is 0.411 e. The lowest BCUT2D eigenvalue weighted by Crippen LogP contribution is -2.44. The van der Waals surface area contributed by atoms with Gasteiger partial charge in [-0.25, -0.2) is 4.79 Å². The quantitative estimate of drug-likeness (QED) is 0.721. The van der Waals surface area contributed by atoms with E-state index in [4.69, 9.17) is 0 Å². The van der Waals surface area contributed by atoms with E-state index in [0.717, 1.165) is 0 Å². The number of para-hydroxylation sites is 2. The van der Waals surface area contributed by atoms with Crippen LogP contribution in [0.1, 0.15) is 17.4 Å². The second-order valence-corrected chi connectivity index (χ2v) is 4.99. The van der Waals surface area contributed by atoms with Crippen molar-refractivity contribution in [1.29, 1.82) is 0 Å². The Kier molecular flexibility index (Phi) is 4.05. The molecule has 0 aliphatic carbocycles. The summed E-state index contributed by atoms with van der Waals surface area (Å²) in [5.41, 5.74) is 1.01. The van der Waals surface area contributed by atoms with E-state index in [0.29, 0.717) is 17.9 Å². The van der Waals surface area contributed by atoms with Gasteiger partial charge in [-0.2, -0.15) is 0 Å². The molecule has 23 heavy (non-hydrogen) atoms. The number of amides is 1. The van der Waals surface area contributed by atoms with E-state index >= 15 is 0 Å². The Hall–Kier alpha value is -3.15. The summed E-state index contributed by atoms with van der Waals surface area (Å²) in [6.45, 7) is 2.34. The van der Waals surface area contributed by atoms with Gasteiger partial charge >= 0.3 is 17.2 Å². The summed E-state index contributed by atoms with van der Waals surface area (Å²) >= 11 is 0. The van der Waals surface area contributed by atoms with Gasteiger partial charge in [0, 0.05) is 5.69 Å². The van der Waals surface area contributed by atoms with Gasteiger partial charge < -0.3 is 5.32 Å². The van der Waals surface area contributed by atoms with Crippen LogP contribution in [-0.2, 0) is 6.54 Å². The number of aryl methyl sites for hydroxylation is 1. The van der Waals surface area contributed by atoms with Crippen LogP contribution in [-0.4, -0.2) is 15.8 Å². The summed E-state index contributed by atoms with van der Waals surface area (Å²) in [5, 5.41) is 5.69. The van der Waals surface area contributed by atoms with Crippen molar-refractivity contribution in [3.63, 3.8) is 0 Å². The van der Waals surface area contributed by atoms with Crippen LogP contribution in [0.4, 0.5) is 5.69 Å². The van der Waals surface area contributed by atoms with Crippen molar-refractivity contribution in [3.05, 3.63) is 76.7 Å². The Bertz CT molecular complexity index is 867. The number of nitrogens with zero attached hydrogens (tertiary/aromatic N) is 2. The molecule has 0 fully saturated rings. The first kappa shape index (κ1) is 14.8. The number of benzene rings is 2. The fraction of sp³-hybridized carbons (Fsp3) is 0.118. The molecule has 0 saturated carbocycles. The first-order chi connectivity index (χ1) is 11.2. The Morgan fingerprint density at radius 3 is 2.30 bits per heavy atom. The zero-order chi connectivity index (χ0) is 16.2. The molecule has 3 rings (SSSR count). The topological polar surface area (TPSA) is 70.8 Å². The molecule has 1 aromatic heterocycles. The molecule has 0 saturated heterocycles. The Balaban J connectivity index is 2.01. The van der Waals surface area contributed by atoms with Crippen LogP contribution >= 0.6 is 0 Å². The molecule has 2 N–H and O–H groups in total. The van der Waals surface area contributed by atoms with Crippen molar-refractivity contribution < 1.29 is 9.48 Å². The average Bonchev–Trinajstić information content (AvgIpc) is 2.93. The van der Waals surface area contributed by atoms with Gasteiger partial charge in [-0.15, -0.1) is 4.68 Å². The summed E-state index contributed by atoms with van der Waals surface area (Å²) < 4.78 is 2.90. The molecule has 6 heteroatoms. The SMILES string of the molecule is CC[n+]1[nH]n(-c2ccccc2)c(=O)c1C(=O)Nc1ccccc1. The second-order valence-electron chi connectivity index (χ2n) is 4.99. The average molecular weight is 309 g/mol. The van der Waals surface area contributed by atoms with Crippen molar-refractivity contribution in [2.45, 2.75) is 13.5 Å². The highest BCUT2D eigenvalue weighted by atomic mass is 16.2. The van der Waals surface area contributed by atoms with Crippen molar-refractivity contribution in [2.24, 2.45) is 0 Å². The highest BCUT2D eigenvalue weighted by Crippen LogP contribution is 2.06. The molecule has 2 aromatic carbocycles. The third kappa shape index (κ3) is 2.91. The van der Waals surface area contributed by atoms with Gasteiger partial charge in [-0.3, -0.25) is 4.79 Å². The molecule has 0 bridgehead atoms. The van der Waals surface area contributed by atoms with E-state index in [1.54, 1.807) is 24.3 Å². The third-order valence-electron chi connectivity index (χ3n) is 3.47. The van der Waals surface area contributed by atoms with E-state index in [1.165, 1.54) is 9.36 Å². The molecular formula is C17H17N4O2+. The Morgan fingerprint density at radius 1 is 1.09 bits per heavy atom. The lowest BCUT2D eigenvalue weighted by atomic mass is 10.3. The molecule has 0 aliphatic rings. The van der Waals surface area contributed by atoms with Gasteiger partial charge in [-0.05, 0) is 31.2 Å². The number of aromatic nitrogens is 3. The first-order valence-corrected chi connectivity index (χ1v) is 7.37.